The van der Waals surface area contributed by atoms with Crippen molar-refractivity contribution in [2.75, 3.05) is 11.9 Å². The van der Waals surface area contributed by atoms with E-state index in [1.807, 2.05) is 19.9 Å². The van der Waals surface area contributed by atoms with Crippen molar-refractivity contribution < 1.29 is 13.5 Å². The van der Waals surface area contributed by atoms with Crippen molar-refractivity contribution in [3.8, 4) is 0 Å². The fraction of sp³-hybridized carbons (Fsp3) is 0.375. The smallest absolute Gasteiger partial charge is 0.159 e. The van der Waals surface area contributed by atoms with Crippen molar-refractivity contribution in [1.82, 2.24) is 9.97 Å². The van der Waals surface area contributed by atoms with Crippen LogP contribution in [-0.4, -0.2) is 22.6 Å². The Hall–Kier alpha value is -2.08. The molecule has 2 atom stereocenters. The van der Waals surface area contributed by atoms with Crippen LogP contribution < -0.4 is 5.32 Å². The van der Waals surface area contributed by atoms with Gasteiger partial charge >= 0.3 is 0 Å². The summed E-state index contributed by atoms with van der Waals surface area (Å²) in [5.74, 6) is -0.312. The number of ether oxygens (including phenoxy) is 1. The lowest BCUT2D eigenvalue weighted by atomic mass is 10.0. The molecule has 1 aliphatic rings. The summed E-state index contributed by atoms with van der Waals surface area (Å²) in [6.07, 6.45) is 0.442. The molecule has 0 spiro atoms. The van der Waals surface area contributed by atoms with Crippen LogP contribution in [0.3, 0.4) is 0 Å². The zero-order valence-electron chi connectivity index (χ0n) is 12.4. The van der Waals surface area contributed by atoms with Crippen molar-refractivity contribution in [3.05, 3.63) is 53.0 Å². The van der Waals surface area contributed by atoms with Gasteiger partial charge in [-0.2, -0.15) is 0 Å². The van der Waals surface area contributed by atoms with Crippen LogP contribution in [0.15, 0.2) is 24.3 Å². The summed E-state index contributed by atoms with van der Waals surface area (Å²) in [5, 5.41) is 3.31. The van der Waals surface area contributed by atoms with Gasteiger partial charge in [0.05, 0.1) is 6.04 Å². The molecular weight excluding hydrogens is 288 g/mol. The number of rotatable bonds is 3. The van der Waals surface area contributed by atoms with E-state index in [1.165, 1.54) is 6.07 Å². The highest BCUT2D eigenvalue weighted by atomic mass is 19.2. The predicted octanol–water partition coefficient (Wildman–Crippen LogP) is 3.31. The van der Waals surface area contributed by atoms with Gasteiger partial charge < -0.3 is 10.1 Å². The maximum absolute atomic E-state index is 13.4. The fourth-order valence-electron chi connectivity index (χ4n) is 2.74. The van der Waals surface area contributed by atoms with Crippen molar-refractivity contribution in [2.45, 2.75) is 32.4 Å². The number of anilines is 1. The van der Waals surface area contributed by atoms with Crippen LogP contribution in [0, 0.1) is 25.5 Å². The standard InChI is InChI=1S/C16H17F2N3O/c1-9-7-15(20-10(2)19-9)21-14-5-6-22-16(14)11-3-4-12(17)13(18)8-11/h3-4,7-8,14,16H,5-6H2,1-2H3,(H,19,20,21). The molecule has 3 rings (SSSR count). The maximum atomic E-state index is 13.4. The number of aromatic nitrogens is 2. The Kier molecular flexibility index (Phi) is 4.02. The van der Waals surface area contributed by atoms with Crippen LogP contribution in [0.25, 0.3) is 0 Å². The van der Waals surface area contributed by atoms with E-state index in [0.29, 0.717) is 23.8 Å². The molecule has 0 saturated carbocycles. The molecule has 0 bridgehead atoms. The highest BCUT2D eigenvalue weighted by molar-refractivity contribution is 5.38. The molecule has 1 saturated heterocycles. The van der Waals surface area contributed by atoms with E-state index in [1.54, 1.807) is 6.07 Å². The summed E-state index contributed by atoms with van der Waals surface area (Å²) >= 11 is 0. The first kappa shape index (κ1) is 14.8. The van der Waals surface area contributed by atoms with Crippen LogP contribution in [-0.2, 0) is 4.74 Å². The van der Waals surface area contributed by atoms with Gasteiger partial charge in [0, 0.05) is 18.4 Å². The minimum Gasteiger partial charge on any atom is -0.371 e. The number of hydrogen-bond donors (Lipinski definition) is 1. The zero-order chi connectivity index (χ0) is 15.7. The Morgan fingerprint density at radius 2 is 1.95 bits per heavy atom. The molecule has 0 aliphatic carbocycles. The number of halogens is 2. The van der Waals surface area contributed by atoms with E-state index in [0.717, 1.165) is 18.2 Å². The zero-order valence-corrected chi connectivity index (χ0v) is 12.4. The lowest BCUT2D eigenvalue weighted by Crippen LogP contribution is -2.24. The van der Waals surface area contributed by atoms with E-state index in [-0.39, 0.29) is 12.1 Å². The van der Waals surface area contributed by atoms with Gasteiger partial charge in [0.1, 0.15) is 17.7 Å². The van der Waals surface area contributed by atoms with Crippen molar-refractivity contribution >= 4 is 5.82 Å². The van der Waals surface area contributed by atoms with Gasteiger partial charge in [-0.25, -0.2) is 18.7 Å². The highest BCUT2D eigenvalue weighted by Crippen LogP contribution is 2.32. The molecule has 2 unspecified atom stereocenters. The van der Waals surface area contributed by atoms with Gasteiger partial charge in [0.25, 0.3) is 0 Å². The number of aryl methyl sites for hydroxylation is 2. The maximum Gasteiger partial charge on any atom is 0.159 e. The second-order valence-corrected chi connectivity index (χ2v) is 5.45. The molecule has 1 aromatic heterocycles. The average Bonchev–Trinajstić information content (AvgIpc) is 2.89. The summed E-state index contributed by atoms with van der Waals surface area (Å²) in [6.45, 7) is 4.29. The van der Waals surface area contributed by atoms with E-state index in [9.17, 15) is 8.78 Å². The molecule has 1 aromatic carbocycles. The summed E-state index contributed by atoms with van der Waals surface area (Å²) < 4.78 is 32.2. The van der Waals surface area contributed by atoms with Crippen LogP contribution in [0.4, 0.5) is 14.6 Å². The largest absolute Gasteiger partial charge is 0.371 e. The third-order valence-electron chi connectivity index (χ3n) is 3.66. The van der Waals surface area contributed by atoms with Crippen LogP contribution in [0.2, 0.25) is 0 Å². The van der Waals surface area contributed by atoms with Crippen molar-refractivity contribution in [1.29, 1.82) is 0 Å². The summed E-state index contributed by atoms with van der Waals surface area (Å²) in [4.78, 5) is 8.58. The minimum absolute atomic E-state index is 0.0430. The quantitative estimate of drug-likeness (QED) is 0.945. The van der Waals surface area contributed by atoms with E-state index in [4.69, 9.17) is 4.74 Å². The highest BCUT2D eigenvalue weighted by Gasteiger charge is 2.30. The molecule has 0 radical (unpaired) electrons. The predicted molar refractivity (Wildman–Crippen MR) is 78.6 cm³/mol. The Morgan fingerprint density at radius 1 is 1.14 bits per heavy atom. The van der Waals surface area contributed by atoms with Gasteiger partial charge in [-0.15, -0.1) is 0 Å². The van der Waals surface area contributed by atoms with Gasteiger partial charge in [-0.05, 0) is 38.0 Å². The van der Waals surface area contributed by atoms with Gasteiger partial charge in [0.2, 0.25) is 0 Å². The lowest BCUT2D eigenvalue weighted by molar-refractivity contribution is 0.107. The third-order valence-corrected chi connectivity index (χ3v) is 3.66. The molecule has 1 aliphatic heterocycles. The lowest BCUT2D eigenvalue weighted by Gasteiger charge is -2.21. The molecular formula is C16H17F2N3O. The third kappa shape index (κ3) is 3.06. The molecule has 22 heavy (non-hydrogen) atoms. The Bertz CT molecular complexity index is 673. The normalized spacial score (nSPS) is 21.1. The number of nitrogens with zero attached hydrogens (tertiary/aromatic N) is 2. The molecule has 1 fully saturated rings. The summed E-state index contributed by atoms with van der Waals surface area (Å²) in [7, 11) is 0. The summed E-state index contributed by atoms with van der Waals surface area (Å²) in [6, 6.07) is 5.69. The van der Waals surface area contributed by atoms with Crippen molar-refractivity contribution in [2.24, 2.45) is 0 Å². The molecule has 4 nitrogen and oxygen atoms in total. The topological polar surface area (TPSA) is 47.0 Å². The van der Waals surface area contributed by atoms with E-state index < -0.39 is 11.6 Å². The second-order valence-electron chi connectivity index (χ2n) is 5.45. The monoisotopic (exact) mass is 305 g/mol. The van der Waals surface area contributed by atoms with Crippen LogP contribution in [0.5, 0.6) is 0 Å². The molecule has 1 N–H and O–H groups in total. The Labute approximate surface area is 127 Å². The first-order valence-electron chi connectivity index (χ1n) is 7.18. The van der Waals surface area contributed by atoms with Crippen LogP contribution in [0.1, 0.15) is 29.6 Å². The van der Waals surface area contributed by atoms with Crippen LogP contribution >= 0.6 is 0 Å². The first-order valence-corrected chi connectivity index (χ1v) is 7.18. The van der Waals surface area contributed by atoms with Gasteiger partial charge in [-0.3, -0.25) is 0 Å². The SMILES string of the molecule is Cc1cc(NC2CCOC2c2ccc(F)c(F)c2)nc(C)n1. The Balaban J connectivity index is 1.82. The van der Waals surface area contributed by atoms with Gasteiger partial charge in [-0.1, -0.05) is 6.07 Å². The second kappa shape index (κ2) is 5.96. The first-order chi connectivity index (χ1) is 10.5. The number of benzene rings is 1. The number of nitrogens with one attached hydrogen (secondary N) is 1. The molecule has 116 valence electrons. The molecule has 2 heterocycles. The average molecular weight is 305 g/mol. The fourth-order valence-corrected chi connectivity index (χ4v) is 2.74. The molecule has 6 heteroatoms. The summed E-state index contributed by atoms with van der Waals surface area (Å²) in [5.41, 5.74) is 1.50. The Morgan fingerprint density at radius 3 is 2.68 bits per heavy atom. The molecule has 2 aromatic rings. The number of hydrogen-bond acceptors (Lipinski definition) is 4. The minimum atomic E-state index is -0.861. The molecule has 0 amide bonds. The van der Waals surface area contributed by atoms with Gasteiger partial charge in [0.15, 0.2) is 11.6 Å². The van der Waals surface area contributed by atoms with E-state index in [2.05, 4.69) is 15.3 Å². The van der Waals surface area contributed by atoms with Crippen molar-refractivity contribution in [3.63, 3.8) is 0 Å². The van der Waals surface area contributed by atoms with E-state index >= 15 is 0 Å².